The third kappa shape index (κ3) is 3.31. The molecule has 0 spiro atoms. The zero-order chi connectivity index (χ0) is 9.73. The van der Waals surface area contributed by atoms with Gasteiger partial charge in [0.15, 0.2) is 0 Å². The van der Waals surface area contributed by atoms with Gasteiger partial charge in [0, 0.05) is 31.4 Å². The largest absolute Gasteiger partial charge is 0.325 e. The molecule has 1 aliphatic heterocycles. The molecule has 0 aromatic rings. The van der Waals surface area contributed by atoms with Gasteiger partial charge in [-0.05, 0) is 11.8 Å². The average Bonchev–Trinajstić information content (AvgIpc) is 2.53. The summed E-state index contributed by atoms with van der Waals surface area (Å²) in [4.78, 5) is 0. The molecule has 13 heavy (non-hydrogen) atoms. The second-order valence-electron chi connectivity index (χ2n) is 2.59. The van der Waals surface area contributed by atoms with Crippen LogP contribution in [0.1, 0.15) is 0 Å². The zero-order valence-electron chi connectivity index (χ0n) is 7.21. The van der Waals surface area contributed by atoms with E-state index in [1.807, 2.05) is 0 Å². The molecule has 1 saturated heterocycles. The molecule has 1 unspecified atom stereocenters. The lowest BCUT2D eigenvalue weighted by atomic mass is 10.6. The first-order valence-corrected chi connectivity index (χ1v) is 7.84. The maximum Gasteiger partial charge on any atom is 0.200 e. The van der Waals surface area contributed by atoms with Gasteiger partial charge in [-0.15, -0.1) is 23.2 Å². The van der Waals surface area contributed by atoms with E-state index in [2.05, 4.69) is 9.76 Å². The third-order valence-electron chi connectivity index (χ3n) is 1.74. The fourth-order valence-corrected chi connectivity index (χ4v) is 4.68. The molecular formula is C6H13Cl2N2OPS. The van der Waals surface area contributed by atoms with E-state index >= 15 is 0 Å². The van der Waals surface area contributed by atoms with Gasteiger partial charge in [-0.1, -0.05) is 0 Å². The average molecular weight is 263 g/mol. The smallest absolute Gasteiger partial charge is 0.200 e. The van der Waals surface area contributed by atoms with Gasteiger partial charge in [-0.25, -0.2) is 4.67 Å². The topological polar surface area (TPSA) is 24.5 Å². The van der Waals surface area contributed by atoms with Gasteiger partial charge in [0.25, 0.3) is 0 Å². The van der Waals surface area contributed by atoms with Gasteiger partial charge in [0.05, 0.1) is 6.61 Å². The van der Waals surface area contributed by atoms with E-state index in [0.717, 1.165) is 19.6 Å². The van der Waals surface area contributed by atoms with Crippen LogP contribution in [0.25, 0.3) is 0 Å². The molecule has 1 heterocycles. The van der Waals surface area contributed by atoms with E-state index in [-0.39, 0.29) is 0 Å². The SMILES string of the molecule is S=P1(N(CCCl)CCCl)NCCO1. The van der Waals surface area contributed by atoms with Crippen molar-refractivity contribution in [3.8, 4) is 0 Å². The van der Waals surface area contributed by atoms with Crippen molar-refractivity contribution in [2.75, 3.05) is 38.0 Å². The Morgan fingerprint density at radius 2 is 2.00 bits per heavy atom. The highest BCUT2D eigenvalue weighted by atomic mass is 35.5. The summed E-state index contributed by atoms with van der Waals surface area (Å²) in [5, 5.41) is 3.22. The van der Waals surface area contributed by atoms with Crippen molar-refractivity contribution in [3.05, 3.63) is 0 Å². The minimum atomic E-state index is -1.97. The molecule has 0 saturated carbocycles. The Labute approximate surface area is 93.9 Å². The maximum atomic E-state index is 5.68. The second kappa shape index (κ2) is 5.86. The lowest BCUT2D eigenvalue weighted by Crippen LogP contribution is -2.28. The van der Waals surface area contributed by atoms with Crippen LogP contribution in [0.15, 0.2) is 0 Å². The van der Waals surface area contributed by atoms with Gasteiger partial charge in [-0.3, -0.25) is 5.09 Å². The molecular weight excluding hydrogens is 250 g/mol. The number of nitrogens with zero attached hydrogens (tertiary/aromatic N) is 1. The molecule has 0 aromatic heterocycles. The van der Waals surface area contributed by atoms with Crippen molar-refractivity contribution in [1.29, 1.82) is 0 Å². The van der Waals surface area contributed by atoms with Crippen LogP contribution in [0, 0.1) is 0 Å². The van der Waals surface area contributed by atoms with Crippen molar-refractivity contribution >= 4 is 41.6 Å². The number of halogens is 2. The number of hydrogen-bond donors (Lipinski definition) is 1. The fourth-order valence-electron chi connectivity index (χ4n) is 1.15. The summed E-state index contributed by atoms with van der Waals surface area (Å²) >= 11 is 16.8. The first kappa shape index (κ1) is 12.2. The predicted molar refractivity (Wildman–Crippen MR) is 61.3 cm³/mol. The summed E-state index contributed by atoms with van der Waals surface area (Å²) in [5.41, 5.74) is 0. The van der Waals surface area contributed by atoms with Crippen LogP contribution in [0.2, 0.25) is 0 Å². The summed E-state index contributed by atoms with van der Waals surface area (Å²) in [5.74, 6) is 1.11. The zero-order valence-corrected chi connectivity index (χ0v) is 10.4. The molecule has 0 bridgehead atoms. The minimum Gasteiger partial charge on any atom is -0.325 e. The molecule has 1 atom stereocenters. The number of nitrogens with one attached hydrogen (secondary N) is 1. The molecule has 0 aromatic carbocycles. The summed E-state index contributed by atoms with van der Waals surface area (Å²) < 4.78 is 7.58. The van der Waals surface area contributed by atoms with Crippen LogP contribution in [0.4, 0.5) is 0 Å². The van der Waals surface area contributed by atoms with Crippen LogP contribution >= 0.6 is 29.8 Å². The van der Waals surface area contributed by atoms with Crippen LogP contribution in [0.5, 0.6) is 0 Å². The Morgan fingerprint density at radius 1 is 1.38 bits per heavy atom. The first-order chi connectivity index (χ1) is 6.23. The monoisotopic (exact) mass is 262 g/mol. The second-order valence-corrected chi connectivity index (χ2v) is 7.02. The maximum absolute atomic E-state index is 5.68. The molecule has 1 N–H and O–H groups in total. The molecule has 0 radical (unpaired) electrons. The van der Waals surface area contributed by atoms with E-state index < -0.39 is 6.57 Å². The molecule has 3 nitrogen and oxygen atoms in total. The van der Waals surface area contributed by atoms with Crippen LogP contribution in [-0.2, 0) is 16.3 Å². The van der Waals surface area contributed by atoms with Gasteiger partial charge in [0.1, 0.15) is 0 Å². The molecule has 1 fully saturated rings. The van der Waals surface area contributed by atoms with E-state index in [9.17, 15) is 0 Å². The van der Waals surface area contributed by atoms with Crippen molar-refractivity contribution in [1.82, 2.24) is 9.76 Å². The van der Waals surface area contributed by atoms with Crippen molar-refractivity contribution < 1.29 is 4.52 Å². The summed E-state index contributed by atoms with van der Waals surface area (Å²) in [6.45, 7) is 1.03. The van der Waals surface area contributed by atoms with Crippen LogP contribution in [-0.4, -0.2) is 42.7 Å². The molecule has 78 valence electrons. The quantitative estimate of drug-likeness (QED) is 0.601. The summed E-state index contributed by atoms with van der Waals surface area (Å²) in [7, 11) is 0. The highest BCUT2D eigenvalue weighted by molar-refractivity contribution is 8.10. The first-order valence-electron chi connectivity index (χ1n) is 4.10. The van der Waals surface area contributed by atoms with Crippen molar-refractivity contribution in [2.24, 2.45) is 0 Å². The Hall–Kier alpha value is 1.11. The molecule has 7 heteroatoms. The van der Waals surface area contributed by atoms with E-state index in [1.54, 1.807) is 0 Å². The van der Waals surface area contributed by atoms with Gasteiger partial charge < -0.3 is 4.52 Å². The minimum absolute atomic E-state index is 0.556. The highest BCUT2D eigenvalue weighted by Gasteiger charge is 2.29. The summed E-state index contributed by atoms with van der Waals surface area (Å²) in [6.07, 6.45) is 0. The van der Waals surface area contributed by atoms with Crippen LogP contribution in [0.3, 0.4) is 0 Å². The third-order valence-corrected chi connectivity index (χ3v) is 5.77. The van der Waals surface area contributed by atoms with Crippen molar-refractivity contribution in [2.45, 2.75) is 0 Å². The van der Waals surface area contributed by atoms with Crippen LogP contribution < -0.4 is 5.09 Å². The Bertz CT molecular complexity index is 191. The number of alkyl halides is 2. The van der Waals surface area contributed by atoms with E-state index in [1.165, 1.54) is 0 Å². The lowest BCUT2D eigenvalue weighted by Gasteiger charge is -2.29. The fraction of sp³-hybridized carbons (Fsp3) is 1.00. The van der Waals surface area contributed by atoms with Gasteiger partial charge in [-0.2, -0.15) is 0 Å². The van der Waals surface area contributed by atoms with Gasteiger partial charge in [0.2, 0.25) is 6.57 Å². The molecule has 1 rings (SSSR count). The lowest BCUT2D eigenvalue weighted by molar-refractivity contribution is 0.351. The number of rotatable bonds is 5. The normalized spacial score (nSPS) is 28.5. The Morgan fingerprint density at radius 3 is 2.38 bits per heavy atom. The van der Waals surface area contributed by atoms with Crippen molar-refractivity contribution in [3.63, 3.8) is 0 Å². The highest BCUT2D eigenvalue weighted by Crippen LogP contribution is 2.49. The number of hydrogen-bond acceptors (Lipinski definition) is 2. The van der Waals surface area contributed by atoms with E-state index in [4.69, 9.17) is 39.5 Å². The summed E-state index contributed by atoms with van der Waals surface area (Å²) in [6, 6.07) is 0. The molecule has 0 aliphatic carbocycles. The van der Waals surface area contributed by atoms with Gasteiger partial charge >= 0.3 is 0 Å². The Kier molecular flexibility index (Phi) is 5.49. The molecule has 0 amide bonds. The van der Waals surface area contributed by atoms with E-state index in [0.29, 0.717) is 18.4 Å². The predicted octanol–water partition coefficient (Wildman–Crippen LogP) is 1.61. The molecule has 1 aliphatic rings. The Balaban J connectivity index is 2.56. The standard InChI is InChI=1S/C6H13Cl2N2OPS/c7-1-4-10(5-2-8)12(13)9-3-6-11-12/h1-6H2,(H,9,13).